The second-order valence-corrected chi connectivity index (χ2v) is 4.39. The zero-order valence-electron chi connectivity index (χ0n) is 9.79. The minimum atomic E-state index is -1.53. The van der Waals surface area contributed by atoms with Gasteiger partial charge in [0.05, 0.1) is 13.1 Å². The minimum absolute atomic E-state index is 0.0461. The lowest BCUT2D eigenvalue weighted by Gasteiger charge is -2.16. The summed E-state index contributed by atoms with van der Waals surface area (Å²) in [5, 5.41) is 18.6. The molecule has 0 radical (unpaired) electrons. The molecule has 0 aliphatic carbocycles. The van der Waals surface area contributed by atoms with Crippen molar-refractivity contribution < 1.29 is 24.5 Å². The summed E-state index contributed by atoms with van der Waals surface area (Å²) in [6.07, 6.45) is -0.692. The van der Waals surface area contributed by atoms with Crippen molar-refractivity contribution >= 4 is 12.1 Å². The van der Waals surface area contributed by atoms with Crippen LogP contribution in [0.1, 0.15) is 12.5 Å². The molecule has 1 atom stereocenters. The van der Waals surface area contributed by atoms with Gasteiger partial charge in [0.15, 0.2) is 0 Å². The Morgan fingerprint density at radius 3 is 2.72 bits per heavy atom. The summed E-state index contributed by atoms with van der Waals surface area (Å²) in [6.45, 7) is 1.42. The average molecular weight is 251 g/mol. The number of hydrogen-bond donors (Lipinski definition) is 2. The van der Waals surface area contributed by atoms with Crippen LogP contribution in [0.25, 0.3) is 0 Å². The maximum Gasteiger partial charge on any atom is 0.411 e. The maximum absolute atomic E-state index is 11.6. The molecule has 18 heavy (non-hydrogen) atoms. The molecule has 1 amide bonds. The van der Waals surface area contributed by atoms with E-state index in [0.29, 0.717) is 5.56 Å². The average Bonchev–Trinajstić information content (AvgIpc) is 2.59. The number of ether oxygens (including phenoxy) is 1. The van der Waals surface area contributed by atoms with Crippen LogP contribution in [-0.2, 0) is 16.1 Å². The zero-order chi connectivity index (χ0) is 13.3. The number of aromatic hydroxyl groups is 1. The quantitative estimate of drug-likeness (QED) is 0.842. The Morgan fingerprint density at radius 1 is 1.50 bits per heavy atom. The van der Waals surface area contributed by atoms with Crippen LogP contribution in [-0.4, -0.2) is 39.3 Å². The van der Waals surface area contributed by atoms with Crippen molar-refractivity contribution in [2.75, 3.05) is 6.54 Å². The van der Waals surface area contributed by atoms with Crippen LogP contribution in [0.5, 0.6) is 5.75 Å². The predicted octanol–water partition coefficient (Wildman–Crippen LogP) is 1.19. The number of phenols is 1. The highest BCUT2D eigenvalue weighted by Gasteiger charge is 2.47. The Balaban J connectivity index is 2.15. The van der Waals surface area contributed by atoms with Crippen LogP contribution in [0.3, 0.4) is 0 Å². The second-order valence-electron chi connectivity index (χ2n) is 4.39. The van der Waals surface area contributed by atoms with Crippen molar-refractivity contribution in [1.29, 1.82) is 0 Å². The minimum Gasteiger partial charge on any atom is -0.508 e. The molecule has 1 aliphatic heterocycles. The molecular formula is C12H13NO5. The number of cyclic esters (lactones) is 1. The first kappa shape index (κ1) is 12.2. The van der Waals surface area contributed by atoms with Crippen LogP contribution in [0.15, 0.2) is 24.3 Å². The monoisotopic (exact) mass is 251 g/mol. The van der Waals surface area contributed by atoms with Crippen LogP contribution >= 0.6 is 0 Å². The number of benzene rings is 1. The maximum atomic E-state index is 11.6. The van der Waals surface area contributed by atoms with Gasteiger partial charge < -0.3 is 14.9 Å². The van der Waals surface area contributed by atoms with Gasteiger partial charge in [0, 0.05) is 5.56 Å². The molecule has 96 valence electrons. The molecule has 0 spiro atoms. The molecule has 1 aromatic carbocycles. The molecule has 6 heteroatoms. The van der Waals surface area contributed by atoms with E-state index in [4.69, 9.17) is 9.84 Å². The summed E-state index contributed by atoms with van der Waals surface area (Å²) in [4.78, 5) is 23.8. The van der Waals surface area contributed by atoms with Crippen molar-refractivity contribution in [1.82, 2.24) is 4.90 Å². The molecule has 1 heterocycles. The fourth-order valence-electron chi connectivity index (χ4n) is 1.80. The highest BCUT2D eigenvalue weighted by Crippen LogP contribution is 2.26. The van der Waals surface area contributed by atoms with Gasteiger partial charge in [-0.3, -0.25) is 4.90 Å². The first-order chi connectivity index (χ1) is 8.42. The molecule has 1 unspecified atom stereocenters. The Labute approximate surface area is 103 Å². The number of carbonyl (C=O) groups excluding carboxylic acids is 1. The number of nitrogens with zero attached hydrogens (tertiary/aromatic N) is 1. The smallest absolute Gasteiger partial charge is 0.411 e. The molecule has 6 nitrogen and oxygen atoms in total. The lowest BCUT2D eigenvalue weighted by molar-refractivity contribution is -0.153. The number of carboxylic acid groups (broad SMARTS) is 1. The van der Waals surface area contributed by atoms with E-state index in [0.717, 1.165) is 0 Å². The SMILES string of the molecule is CC1(C(=O)O)CN(Cc2ccccc2O)C(=O)O1. The van der Waals surface area contributed by atoms with Crippen LogP contribution in [0, 0.1) is 0 Å². The molecular weight excluding hydrogens is 238 g/mol. The number of rotatable bonds is 3. The lowest BCUT2D eigenvalue weighted by atomic mass is 10.1. The van der Waals surface area contributed by atoms with Crippen LogP contribution in [0.2, 0.25) is 0 Å². The molecule has 2 N–H and O–H groups in total. The van der Waals surface area contributed by atoms with Gasteiger partial charge in [0.2, 0.25) is 5.60 Å². The third kappa shape index (κ3) is 2.09. The standard InChI is InChI=1S/C12H13NO5/c1-12(10(15)16)7-13(11(17)18-12)6-8-4-2-3-5-9(8)14/h2-5,14H,6-7H2,1H3,(H,15,16). The Hall–Kier alpha value is -2.24. The molecule has 2 rings (SSSR count). The van der Waals surface area contributed by atoms with E-state index in [9.17, 15) is 14.7 Å². The first-order valence-electron chi connectivity index (χ1n) is 5.40. The number of carbonyl (C=O) groups is 2. The zero-order valence-corrected chi connectivity index (χ0v) is 9.79. The third-order valence-electron chi connectivity index (χ3n) is 2.87. The highest BCUT2D eigenvalue weighted by molar-refractivity contribution is 5.84. The van der Waals surface area contributed by atoms with Gasteiger partial charge in [-0.2, -0.15) is 0 Å². The van der Waals surface area contributed by atoms with E-state index in [-0.39, 0.29) is 18.8 Å². The van der Waals surface area contributed by atoms with E-state index in [1.165, 1.54) is 17.9 Å². The van der Waals surface area contributed by atoms with Gasteiger partial charge in [0.1, 0.15) is 5.75 Å². The van der Waals surface area contributed by atoms with Crippen LogP contribution < -0.4 is 0 Å². The Kier molecular flexibility index (Phi) is 2.86. The topological polar surface area (TPSA) is 87.1 Å². The van der Waals surface area contributed by atoms with Gasteiger partial charge in [-0.05, 0) is 13.0 Å². The van der Waals surface area contributed by atoms with Crippen molar-refractivity contribution in [2.24, 2.45) is 0 Å². The van der Waals surface area contributed by atoms with Gasteiger partial charge in [-0.25, -0.2) is 9.59 Å². The molecule has 0 bridgehead atoms. The lowest BCUT2D eigenvalue weighted by Crippen LogP contribution is -2.39. The van der Waals surface area contributed by atoms with Crippen molar-refractivity contribution in [3.05, 3.63) is 29.8 Å². The summed E-state index contributed by atoms with van der Waals surface area (Å²) in [5.74, 6) is -1.12. The molecule has 1 saturated heterocycles. The summed E-state index contributed by atoms with van der Waals surface area (Å²) >= 11 is 0. The van der Waals surface area contributed by atoms with E-state index in [1.54, 1.807) is 18.2 Å². The number of hydrogen-bond acceptors (Lipinski definition) is 4. The normalized spacial score (nSPS) is 22.9. The summed E-state index contributed by atoms with van der Waals surface area (Å²) < 4.78 is 4.84. The number of aliphatic carboxylic acids is 1. The molecule has 1 fully saturated rings. The van der Waals surface area contributed by atoms with Crippen LogP contribution in [0.4, 0.5) is 4.79 Å². The van der Waals surface area contributed by atoms with Crippen molar-refractivity contribution in [3.8, 4) is 5.75 Å². The Morgan fingerprint density at radius 2 is 2.17 bits per heavy atom. The van der Waals surface area contributed by atoms with Crippen molar-refractivity contribution in [3.63, 3.8) is 0 Å². The van der Waals surface area contributed by atoms with Gasteiger partial charge >= 0.3 is 12.1 Å². The first-order valence-corrected chi connectivity index (χ1v) is 5.40. The summed E-state index contributed by atoms with van der Waals surface area (Å²) in [7, 11) is 0. The fourth-order valence-corrected chi connectivity index (χ4v) is 1.80. The number of phenolic OH excluding ortho intramolecular Hbond substituents is 1. The predicted molar refractivity (Wildman–Crippen MR) is 61.0 cm³/mol. The molecule has 0 saturated carbocycles. The van der Waals surface area contributed by atoms with E-state index < -0.39 is 17.7 Å². The molecule has 1 aliphatic rings. The highest BCUT2D eigenvalue weighted by atomic mass is 16.6. The summed E-state index contributed by atoms with van der Waals surface area (Å²) in [5.41, 5.74) is -0.981. The van der Waals surface area contributed by atoms with Crippen molar-refractivity contribution in [2.45, 2.75) is 19.1 Å². The second kappa shape index (κ2) is 4.21. The van der Waals surface area contributed by atoms with Gasteiger partial charge in [-0.15, -0.1) is 0 Å². The van der Waals surface area contributed by atoms with E-state index >= 15 is 0 Å². The third-order valence-corrected chi connectivity index (χ3v) is 2.87. The summed E-state index contributed by atoms with van der Waals surface area (Å²) in [6, 6.07) is 6.57. The Bertz CT molecular complexity index is 501. The van der Waals surface area contributed by atoms with Gasteiger partial charge in [-0.1, -0.05) is 18.2 Å². The van der Waals surface area contributed by atoms with E-state index in [1.807, 2.05) is 0 Å². The van der Waals surface area contributed by atoms with Gasteiger partial charge in [0.25, 0.3) is 0 Å². The van der Waals surface area contributed by atoms with E-state index in [2.05, 4.69) is 0 Å². The number of para-hydroxylation sites is 1. The number of carboxylic acids is 1. The molecule has 0 aromatic heterocycles. The largest absolute Gasteiger partial charge is 0.508 e. The molecule has 1 aromatic rings. The fraction of sp³-hybridized carbons (Fsp3) is 0.333. The number of amides is 1.